The smallest absolute Gasteiger partial charge is 0.245 e. The first kappa shape index (κ1) is 39.5. The molecule has 8 N–H and O–H groups in total. The first-order valence-corrected chi connectivity index (χ1v) is 17.9. The Balaban J connectivity index is 1.26. The number of nitrogens with two attached hydrogens (primary N) is 1. The molecular weight excluding hydrogens is 664 g/mol. The zero-order valence-corrected chi connectivity index (χ0v) is 30.2. The highest BCUT2D eigenvalue weighted by Crippen LogP contribution is 2.27. The van der Waals surface area contributed by atoms with Gasteiger partial charge in [0.05, 0.1) is 19.0 Å². The Bertz CT molecular complexity index is 1690. The molecule has 2 heterocycles. The predicted octanol–water partition coefficient (Wildman–Crippen LogP) is 1.05. The number of nitrogens with one attached hydrogen (secondary N) is 6. The number of H-pyrrole nitrogens is 1. The third-order valence-corrected chi connectivity index (χ3v) is 9.50. The van der Waals surface area contributed by atoms with E-state index >= 15 is 0 Å². The Morgan fingerprint density at radius 2 is 1.63 bits per heavy atom. The molecule has 14 heteroatoms. The minimum Gasteiger partial charge on any atom is -0.368 e. The summed E-state index contributed by atoms with van der Waals surface area (Å²) in [6, 6.07) is 15.2. The number of benzene rings is 2. The molecule has 52 heavy (non-hydrogen) atoms. The van der Waals surface area contributed by atoms with Crippen molar-refractivity contribution in [2.24, 2.45) is 11.7 Å². The highest BCUT2D eigenvalue weighted by molar-refractivity contribution is 5.93. The molecule has 4 rings (SSSR count). The number of para-hydroxylation sites is 1. The fourth-order valence-corrected chi connectivity index (χ4v) is 6.76. The van der Waals surface area contributed by atoms with Crippen LogP contribution in [0.15, 0.2) is 60.8 Å². The standard InChI is InChI=1S/C38H52N8O6/c1-24-17-27(18-26-11-5-4-6-12-26)23-46(24)38(52)33(44-35(49)22-42-25(2)47)20-34(48)41-16-10-9-15-31(36(39)50)45-37(51)32(40-3)19-28-21-43-30-14-8-7-13-29(28)30/h4-8,11-14,21,24,27,31-33,40,43H,9-10,15-20,22-23H2,1-3H3,(H2,39,50)(H,41,48)(H,42,47)(H,44,49)(H,45,51)/t24-,27?,31?,32+,33?/m1/s1. The number of carbonyl (C=O) groups is 6. The summed E-state index contributed by atoms with van der Waals surface area (Å²) in [7, 11) is 1.68. The van der Waals surface area contributed by atoms with Crippen molar-refractivity contribution in [1.29, 1.82) is 0 Å². The Labute approximate surface area is 304 Å². The summed E-state index contributed by atoms with van der Waals surface area (Å²) >= 11 is 0. The lowest BCUT2D eigenvalue weighted by atomic mass is 9.97. The summed E-state index contributed by atoms with van der Waals surface area (Å²) in [6.45, 7) is 3.68. The number of hydrogen-bond acceptors (Lipinski definition) is 7. The van der Waals surface area contributed by atoms with Gasteiger partial charge in [-0.1, -0.05) is 48.5 Å². The third-order valence-electron chi connectivity index (χ3n) is 9.50. The van der Waals surface area contributed by atoms with Crippen molar-refractivity contribution >= 4 is 46.3 Å². The molecule has 1 saturated heterocycles. The summed E-state index contributed by atoms with van der Waals surface area (Å²) in [5, 5.41) is 14.7. The van der Waals surface area contributed by atoms with Crippen molar-refractivity contribution in [2.75, 3.05) is 26.7 Å². The number of rotatable bonds is 19. The number of carbonyl (C=O) groups excluding carboxylic acids is 6. The van der Waals surface area contributed by atoms with Gasteiger partial charge in [-0.15, -0.1) is 0 Å². The number of likely N-dealkylation sites (N-methyl/N-ethyl adjacent to an activating group) is 1. The molecule has 1 aliphatic heterocycles. The number of hydrogen-bond donors (Lipinski definition) is 7. The first-order chi connectivity index (χ1) is 24.9. The van der Waals surface area contributed by atoms with Gasteiger partial charge in [0.1, 0.15) is 12.1 Å². The average Bonchev–Trinajstić information content (AvgIpc) is 3.70. The third kappa shape index (κ3) is 11.7. The van der Waals surface area contributed by atoms with Gasteiger partial charge in [-0.2, -0.15) is 0 Å². The molecular formula is C38H52N8O6. The number of aromatic nitrogens is 1. The van der Waals surface area contributed by atoms with Crippen molar-refractivity contribution in [2.45, 2.75) is 83.0 Å². The van der Waals surface area contributed by atoms with E-state index in [4.69, 9.17) is 5.73 Å². The lowest BCUT2D eigenvalue weighted by Gasteiger charge is -2.27. The quantitative estimate of drug-likeness (QED) is 0.0897. The molecule has 1 fully saturated rings. The van der Waals surface area contributed by atoms with E-state index in [1.165, 1.54) is 12.5 Å². The number of unbranched alkanes of at least 4 members (excludes halogenated alkanes) is 1. The molecule has 3 unspecified atom stereocenters. The zero-order valence-electron chi connectivity index (χ0n) is 30.2. The van der Waals surface area contributed by atoms with E-state index in [0.29, 0.717) is 25.8 Å². The van der Waals surface area contributed by atoms with E-state index in [0.717, 1.165) is 29.3 Å². The second kappa shape index (κ2) is 19.4. The molecule has 1 aromatic heterocycles. The molecule has 2 aromatic carbocycles. The lowest BCUT2D eigenvalue weighted by molar-refractivity contribution is -0.139. The molecule has 280 valence electrons. The van der Waals surface area contributed by atoms with Crippen molar-refractivity contribution in [3.05, 3.63) is 71.9 Å². The monoisotopic (exact) mass is 716 g/mol. The van der Waals surface area contributed by atoms with Gasteiger partial charge < -0.3 is 42.2 Å². The Kier molecular flexibility index (Phi) is 14.7. The Hall–Kier alpha value is -5.24. The maximum absolute atomic E-state index is 13.7. The summed E-state index contributed by atoms with van der Waals surface area (Å²) < 4.78 is 0. The van der Waals surface area contributed by atoms with E-state index in [2.05, 4.69) is 43.7 Å². The van der Waals surface area contributed by atoms with Crippen LogP contribution in [-0.4, -0.2) is 96.2 Å². The summed E-state index contributed by atoms with van der Waals surface area (Å²) in [4.78, 5) is 81.0. The molecule has 1 aliphatic rings. The minimum absolute atomic E-state index is 0.0744. The van der Waals surface area contributed by atoms with Crippen LogP contribution in [0.2, 0.25) is 0 Å². The van der Waals surface area contributed by atoms with E-state index < -0.39 is 41.8 Å². The van der Waals surface area contributed by atoms with Crippen LogP contribution in [0.1, 0.15) is 57.1 Å². The molecule has 3 aromatic rings. The highest BCUT2D eigenvalue weighted by atomic mass is 16.2. The first-order valence-electron chi connectivity index (χ1n) is 17.9. The fourth-order valence-electron chi connectivity index (χ4n) is 6.76. The van der Waals surface area contributed by atoms with Crippen LogP contribution in [0.5, 0.6) is 0 Å². The van der Waals surface area contributed by atoms with Gasteiger partial charge in [0.15, 0.2) is 0 Å². The predicted molar refractivity (Wildman–Crippen MR) is 197 cm³/mol. The number of primary amides is 1. The van der Waals surface area contributed by atoms with Gasteiger partial charge in [0.25, 0.3) is 0 Å². The fraction of sp³-hybridized carbons (Fsp3) is 0.474. The SMILES string of the molecule is CN[C@@H](Cc1c[nH]c2ccccc12)C(=O)NC(CCCCNC(=O)CC(NC(=O)CNC(C)=O)C(=O)N1CC(Cc2ccccc2)C[C@H]1C)C(N)=O. The minimum atomic E-state index is -1.11. The van der Waals surface area contributed by atoms with Crippen LogP contribution in [0, 0.1) is 5.92 Å². The number of nitrogens with zero attached hydrogens (tertiary/aromatic N) is 1. The van der Waals surface area contributed by atoms with Gasteiger partial charge in [0.2, 0.25) is 35.4 Å². The van der Waals surface area contributed by atoms with Gasteiger partial charge in [-0.3, -0.25) is 28.8 Å². The summed E-state index contributed by atoms with van der Waals surface area (Å²) in [5.74, 6) is -2.51. The van der Waals surface area contributed by atoms with Crippen LogP contribution in [0.25, 0.3) is 10.9 Å². The molecule has 0 bridgehead atoms. The number of likely N-dealkylation sites (tertiary alicyclic amines) is 1. The van der Waals surface area contributed by atoms with E-state index in [1.807, 2.05) is 55.6 Å². The highest BCUT2D eigenvalue weighted by Gasteiger charge is 2.37. The normalized spacial score (nSPS) is 17.2. The Morgan fingerprint density at radius 1 is 0.904 bits per heavy atom. The largest absolute Gasteiger partial charge is 0.368 e. The van der Waals surface area contributed by atoms with Crippen molar-refractivity contribution in [1.82, 2.24) is 36.5 Å². The van der Waals surface area contributed by atoms with E-state index in [-0.39, 0.29) is 49.7 Å². The van der Waals surface area contributed by atoms with Crippen molar-refractivity contribution in [3.63, 3.8) is 0 Å². The maximum atomic E-state index is 13.7. The van der Waals surface area contributed by atoms with E-state index in [1.54, 1.807) is 11.9 Å². The summed E-state index contributed by atoms with van der Waals surface area (Å²) in [6.07, 6.45) is 4.85. The Morgan fingerprint density at radius 3 is 2.35 bits per heavy atom. The molecule has 0 aliphatic carbocycles. The van der Waals surface area contributed by atoms with Gasteiger partial charge in [0, 0.05) is 43.2 Å². The summed E-state index contributed by atoms with van der Waals surface area (Å²) in [5.41, 5.74) is 8.75. The average molecular weight is 717 g/mol. The van der Waals surface area contributed by atoms with Crippen LogP contribution in [0.3, 0.4) is 0 Å². The second-order valence-corrected chi connectivity index (χ2v) is 13.6. The molecule has 0 saturated carbocycles. The van der Waals surface area contributed by atoms with Crippen LogP contribution in [0.4, 0.5) is 0 Å². The molecule has 14 nitrogen and oxygen atoms in total. The zero-order chi connectivity index (χ0) is 37.6. The molecule has 6 amide bonds. The number of aromatic amines is 1. The van der Waals surface area contributed by atoms with Crippen LogP contribution < -0.4 is 32.3 Å². The van der Waals surface area contributed by atoms with E-state index in [9.17, 15) is 28.8 Å². The van der Waals surface area contributed by atoms with Gasteiger partial charge in [-0.05, 0) is 75.6 Å². The number of fused-ring (bicyclic) bond motifs is 1. The van der Waals surface area contributed by atoms with Gasteiger partial charge in [-0.25, -0.2) is 0 Å². The second-order valence-electron chi connectivity index (χ2n) is 13.6. The van der Waals surface area contributed by atoms with Crippen molar-refractivity contribution < 1.29 is 28.8 Å². The topological polar surface area (TPSA) is 208 Å². The molecule has 5 atom stereocenters. The maximum Gasteiger partial charge on any atom is 0.245 e. The van der Waals surface area contributed by atoms with Gasteiger partial charge >= 0.3 is 0 Å². The molecule has 0 radical (unpaired) electrons. The molecule has 0 spiro atoms. The van der Waals surface area contributed by atoms with Crippen LogP contribution in [-0.2, 0) is 41.6 Å². The number of amides is 6. The van der Waals surface area contributed by atoms with Crippen molar-refractivity contribution in [3.8, 4) is 0 Å². The lowest BCUT2D eigenvalue weighted by Crippen LogP contribution is -2.53. The van der Waals surface area contributed by atoms with Crippen LogP contribution >= 0.6 is 0 Å².